The topological polar surface area (TPSA) is 74.2 Å². The lowest BCUT2D eigenvalue weighted by molar-refractivity contribution is 0.0977. The second kappa shape index (κ2) is 9.04. The number of nitrogens with zero attached hydrogens (tertiary/aromatic N) is 1. The molecular weight excluding hydrogens is 482 g/mol. The first kappa shape index (κ1) is 22.7. The van der Waals surface area contributed by atoms with Gasteiger partial charge in [0, 0.05) is 10.4 Å². The van der Waals surface area contributed by atoms with Crippen molar-refractivity contribution in [2.45, 2.75) is 40.0 Å². The van der Waals surface area contributed by atoms with Gasteiger partial charge >= 0.3 is 0 Å². The number of carbonyl (C=O) groups is 1. The number of thiocarbonyl (C=S) groups is 1. The van der Waals surface area contributed by atoms with Crippen LogP contribution in [0.25, 0.3) is 0 Å². The van der Waals surface area contributed by atoms with E-state index in [2.05, 4.69) is 53.4 Å². The Kier molecular flexibility index (Phi) is 6.85. The van der Waals surface area contributed by atoms with E-state index in [9.17, 15) is 10.1 Å². The van der Waals surface area contributed by atoms with Gasteiger partial charge in [-0.15, -0.1) is 11.3 Å². The van der Waals surface area contributed by atoms with Gasteiger partial charge in [0.15, 0.2) is 5.11 Å². The number of methoxy groups -OCH3 is 1. The van der Waals surface area contributed by atoms with Crippen LogP contribution in [0, 0.1) is 22.7 Å². The van der Waals surface area contributed by atoms with Crippen molar-refractivity contribution in [1.29, 1.82) is 5.26 Å². The molecule has 5 nitrogen and oxygen atoms in total. The van der Waals surface area contributed by atoms with Gasteiger partial charge in [-0.05, 0) is 82.5 Å². The van der Waals surface area contributed by atoms with Crippen LogP contribution in [0.1, 0.15) is 53.6 Å². The third-order valence-electron chi connectivity index (χ3n) is 5.47. The number of ether oxygens (including phenoxy) is 1. The van der Waals surface area contributed by atoms with E-state index in [0.717, 1.165) is 24.8 Å². The van der Waals surface area contributed by atoms with Gasteiger partial charge in [-0.1, -0.05) is 20.8 Å². The van der Waals surface area contributed by atoms with E-state index in [1.807, 2.05) is 0 Å². The number of amides is 1. The van der Waals surface area contributed by atoms with E-state index in [1.165, 1.54) is 4.88 Å². The van der Waals surface area contributed by atoms with Gasteiger partial charge in [0.2, 0.25) is 0 Å². The van der Waals surface area contributed by atoms with Crippen molar-refractivity contribution in [3.8, 4) is 11.8 Å². The van der Waals surface area contributed by atoms with E-state index >= 15 is 0 Å². The van der Waals surface area contributed by atoms with E-state index in [0.29, 0.717) is 32.3 Å². The predicted molar refractivity (Wildman–Crippen MR) is 128 cm³/mol. The monoisotopic (exact) mass is 505 g/mol. The van der Waals surface area contributed by atoms with E-state index in [1.54, 1.807) is 36.6 Å². The maximum absolute atomic E-state index is 12.5. The van der Waals surface area contributed by atoms with Crippen LogP contribution >= 0.6 is 39.5 Å². The van der Waals surface area contributed by atoms with Crippen molar-refractivity contribution in [2.24, 2.45) is 11.3 Å². The Balaban J connectivity index is 1.73. The Morgan fingerprint density at radius 3 is 2.73 bits per heavy atom. The molecule has 2 aromatic rings. The molecule has 2 N–H and O–H groups in total. The Morgan fingerprint density at radius 1 is 1.40 bits per heavy atom. The Hall–Kier alpha value is -1.95. The highest BCUT2D eigenvalue weighted by atomic mass is 79.9. The molecule has 0 fully saturated rings. The number of anilines is 1. The normalized spacial score (nSPS) is 15.7. The molecular formula is C22H24BrN3O2S2. The maximum Gasteiger partial charge on any atom is 0.257 e. The first-order valence-corrected chi connectivity index (χ1v) is 11.7. The molecule has 0 saturated carbocycles. The number of rotatable bonds is 3. The molecule has 0 saturated heterocycles. The number of nitriles is 1. The Bertz CT molecular complexity index is 1030. The Labute approximate surface area is 194 Å². The molecule has 1 aliphatic carbocycles. The van der Waals surface area contributed by atoms with Crippen LogP contribution in [0.2, 0.25) is 0 Å². The van der Waals surface area contributed by atoms with Gasteiger partial charge in [-0.25, -0.2) is 0 Å². The summed E-state index contributed by atoms with van der Waals surface area (Å²) in [5.41, 5.74) is 2.45. The summed E-state index contributed by atoms with van der Waals surface area (Å²) in [6.45, 7) is 6.80. The largest absolute Gasteiger partial charge is 0.496 e. The lowest BCUT2D eigenvalue weighted by Gasteiger charge is -2.33. The standard InChI is InChI=1S/C22H24BrN3O2S2/c1-22(2,3)13-6-7-14-15(11-24)20(30-18(14)10-13)26-21(29)25-19(27)12-5-8-17(28-4)16(23)9-12/h5,8-9,13H,6-7,10H2,1-4H3,(H2,25,26,27,29). The van der Waals surface area contributed by atoms with E-state index in [4.69, 9.17) is 17.0 Å². The summed E-state index contributed by atoms with van der Waals surface area (Å²) in [5, 5.41) is 16.4. The highest BCUT2D eigenvalue weighted by molar-refractivity contribution is 9.10. The van der Waals surface area contributed by atoms with Gasteiger partial charge < -0.3 is 10.1 Å². The third-order valence-corrected chi connectivity index (χ3v) is 7.46. The zero-order chi connectivity index (χ0) is 22.1. The average molecular weight is 506 g/mol. The minimum atomic E-state index is -0.330. The van der Waals surface area contributed by atoms with Crippen LogP contribution in [0.15, 0.2) is 22.7 Å². The minimum absolute atomic E-state index is 0.175. The molecule has 1 unspecified atom stereocenters. The zero-order valence-electron chi connectivity index (χ0n) is 17.4. The van der Waals surface area contributed by atoms with Crippen LogP contribution < -0.4 is 15.4 Å². The molecule has 158 valence electrons. The fraction of sp³-hybridized carbons (Fsp3) is 0.409. The first-order valence-electron chi connectivity index (χ1n) is 9.64. The number of hydrogen-bond donors (Lipinski definition) is 2. The van der Waals surface area contributed by atoms with Crippen molar-refractivity contribution >= 4 is 55.5 Å². The summed E-state index contributed by atoms with van der Waals surface area (Å²) < 4.78 is 5.87. The summed E-state index contributed by atoms with van der Waals surface area (Å²) in [5.74, 6) is 0.898. The summed E-state index contributed by atoms with van der Waals surface area (Å²) in [6.07, 6.45) is 2.95. The van der Waals surface area contributed by atoms with Crippen LogP contribution in [-0.4, -0.2) is 18.1 Å². The zero-order valence-corrected chi connectivity index (χ0v) is 20.6. The summed E-state index contributed by atoms with van der Waals surface area (Å²) >= 11 is 10.3. The van der Waals surface area contributed by atoms with Gasteiger partial charge in [0.1, 0.15) is 16.8 Å². The minimum Gasteiger partial charge on any atom is -0.496 e. The first-order chi connectivity index (χ1) is 14.1. The lowest BCUT2D eigenvalue weighted by atomic mass is 9.72. The van der Waals surface area contributed by atoms with Gasteiger partial charge in [0.05, 0.1) is 17.1 Å². The quantitative estimate of drug-likeness (QED) is 0.525. The highest BCUT2D eigenvalue weighted by Gasteiger charge is 2.32. The molecule has 0 aliphatic heterocycles. The average Bonchev–Trinajstić information content (AvgIpc) is 3.02. The van der Waals surface area contributed by atoms with Gasteiger partial charge in [0.25, 0.3) is 5.91 Å². The van der Waals surface area contributed by atoms with Crippen molar-refractivity contribution in [2.75, 3.05) is 12.4 Å². The molecule has 30 heavy (non-hydrogen) atoms. The van der Waals surface area contributed by atoms with Crippen molar-refractivity contribution in [3.63, 3.8) is 0 Å². The SMILES string of the molecule is COc1ccc(C(=O)NC(=S)Nc2sc3c(c2C#N)CCC(C(C)(C)C)C3)cc1Br. The highest BCUT2D eigenvalue weighted by Crippen LogP contribution is 2.44. The van der Waals surface area contributed by atoms with Crippen molar-refractivity contribution < 1.29 is 9.53 Å². The summed E-state index contributed by atoms with van der Waals surface area (Å²) in [6, 6.07) is 7.37. The molecule has 1 aromatic carbocycles. The van der Waals surface area contributed by atoms with Crippen LogP contribution in [0.5, 0.6) is 5.75 Å². The molecule has 1 aliphatic rings. The number of thiophene rings is 1. The number of fused-ring (bicyclic) bond motifs is 1. The fourth-order valence-electron chi connectivity index (χ4n) is 3.65. The van der Waals surface area contributed by atoms with Crippen molar-refractivity contribution in [1.82, 2.24) is 5.32 Å². The van der Waals surface area contributed by atoms with Gasteiger partial charge in [-0.3, -0.25) is 10.1 Å². The maximum atomic E-state index is 12.5. The molecule has 1 aromatic heterocycles. The number of nitrogens with one attached hydrogen (secondary N) is 2. The van der Waals surface area contributed by atoms with Crippen molar-refractivity contribution in [3.05, 3.63) is 44.2 Å². The number of benzene rings is 1. The molecule has 1 amide bonds. The predicted octanol–water partition coefficient (Wildman–Crippen LogP) is 5.67. The van der Waals surface area contributed by atoms with Crippen LogP contribution in [-0.2, 0) is 12.8 Å². The molecule has 1 atom stereocenters. The molecule has 0 spiro atoms. The van der Waals surface area contributed by atoms with Crippen LogP contribution in [0.3, 0.4) is 0 Å². The lowest BCUT2D eigenvalue weighted by Crippen LogP contribution is -2.34. The summed E-state index contributed by atoms with van der Waals surface area (Å²) in [4.78, 5) is 13.8. The van der Waals surface area contributed by atoms with E-state index < -0.39 is 0 Å². The fourth-order valence-corrected chi connectivity index (χ4v) is 5.73. The van der Waals surface area contributed by atoms with Crippen LogP contribution in [0.4, 0.5) is 5.00 Å². The Morgan fingerprint density at radius 2 is 2.13 bits per heavy atom. The molecule has 1 heterocycles. The third kappa shape index (κ3) is 4.85. The van der Waals surface area contributed by atoms with E-state index in [-0.39, 0.29) is 16.4 Å². The molecule has 0 radical (unpaired) electrons. The number of halogens is 1. The van der Waals surface area contributed by atoms with Gasteiger partial charge in [-0.2, -0.15) is 5.26 Å². The molecule has 0 bridgehead atoms. The smallest absolute Gasteiger partial charge is 0.257 e. The number of hydrogen-bond acceptors (Lipinski definition) is 5. The molecule has 8 heteroatoms. The summed E-state index contributed by atoms with van der Waals surface area (Å²) in [7, 11) is 1.57. The molecule has 3 rings (SSSR count). The second-order valence-electron chi connectivity index (χ2n) is 8.38. The second-order valence-corrected chi connectivity index (χ2v) is 10.8. The number of carbonyl (C=O) groups excluding carboxylic acids is 1.